The maximum atomic E-state index is 12.0. The van der Waals surface area contributed by atoms with Crippen LogP contribution in [-0.4, -0.2) is 23.5 Å². The van der Waals surface area contributed by atoms with Crippen LogP contribution in [0.25, 0.3) is 0 Å². The summed E-state index contributed by atoms with van der Waals surface area (Å²) in [5, 5.41) is 3.58. The number of pyridine rings is 1. The number of esters is 1. The van der Waals surface area contributed by atoms with Crippen molar-refractivity contribution in [1.29, 1.82) is 0 Å². The fraction of sp³-hybridized carbons (Fsp3) is 0.235. The van der Waals surface area contributed by atoms with E-state index >= 15 is 0 Å². The molecular formula is C17H16Cl2N2O3. The van der Waals surface area contributed by atoms with Gasteiger partial charge in [0.05, 0.1) is 17.2 Å². The van der Waals surface area contributed by atoms with E-state index in [1.54, 1.807) is 37.3 Å². The van der Waals surface area contributed by atoms with E-state index in [9.17, 15) is 9.59 Å². The van der Waals surface area contributed by atoms with Gasteiger partial charge in [-0.3, -0.25) is 4.79 Å². The largest absolute Gasteiger partial charge is 0.462 e. The fourth-order valence-electron chi connectivity index (χ4n) is 2.11. The molecule has 1 aromatic carbocycles. The quantitative estimate of drug-likeness (QED) is 0.780. The zero-order valence-corrected chi connectivity index (χ0v) is 14.5. The van der Waals surface area contributed by atoms with Crippen LogP contribution in [0.2, 0.25) is 10.0 Å². The smallest absolute Gasteiger partial charge is 0.338 e. The number of anilines is 1. The third-order valence-corrected chi connectivity index (χ3v) is 3.79. The van der Waals surface area contributed by atoms with Gasteiger partial charge in [0.2, 0.25) is 5.91 Å². The van der Waals surface area contributed by atoms with Crippen molar-refractivity contribution in [3.05, 3.63) is 57.7 Å². The summed E-state index contributed by atoms with van der Waals surface area (Å²) in [4.78, 5) is 28.0. The molecule has 0 saturated carbocycles. The molecule has 1 aromatic heterocycles. The molecule has 126 valence electrons. The Labute approximate surface area is 149 Å². The highest BCUT2D eigenvalue weighted by Gasteiger charge is 2.16. The first-order valence-electron chi connectivity index (χ1n) is 7.37. The van der Waals surface area contributed by atoms with Crippen LogP contribution in [-0.2, 0) is 16.0 Å². The van der Waals surface area contributed by atoms with Crippen LogP contribution in [0.15, 0.2) is 36.5 Å². The van der Waals surface area contributed by atoms with E-state index in [1.807, 2.05) is 0 Å². The predicted octanol–water partition coefficient (Wildman–Crippen LogP) is 4.14. The van der Waals surface area contributed by atoms with E-state index in [0.717, 1.165) is 0 Å². The molecule has 0 saturated heterocycles. The van der Waals surface area contributed by atoms with Crippen LogP contribution >= 0.6 is 23.2 Å². The van der Waals surface area contributed by atoms with Gasteiger partial charge in [-0.2, -0.15) is 0 Å². The van der Waals surface area contributed by atoms with Crippen LogP contribution in [0.4, 0.5) is 5.82 Å². The highest BCUT2D eigenvalue weighted by Crippen LogP contribution is 2.23. The van der Waals surface area contributed by atoms with Crippen LogP contribution in [0.3, 0.4) is 0 Å². The van der Waals surface area contributed by atoms with E-state index in [-0.39, 0.29) is 18.9 Å². The number of halogens is 2. The minimum atomic E-state index is -0.449. The van der Waals surface area contributed by atoms with Gasteiger partial charge in [-0.15, -0.1) is 0 Å². The number of benzene rings is 1. The second-order valence-corrected chi connectivity index (χ2v) is 5.74. The van der Waals surface area contributed by atoms with Gasteiger partial charge in [-0.05, 0) is 43.2 Å². The lowest BCUT2D eigenvalue weighted by Crippen LogP contribution is -2.15. The summed E-state index contributed by atoms with van der Waals surface area (Å²) < 4.78 is 5.02. The van der Waals surface area contributed by atoms with Crippen molar-refractivity contribution >= 4 is 40.9 Å². The summed E-state index contributed by atoms with van der Waals surface area (Å²) in [5.74, 6) is -0.275. The number of amides is 1. The Hall–Kier alpha value is -2.11. The van der Waals surface area contributed by atoms with Crippen LogP contribution in [0.5, 0.6) is 0 Å². The molecule has 5 nitrogen and oxygen atoms in total. The summed E-state index contributed by atoms with van der Waals surface area (Å²) in [6.45, 7) is 2.00. The molecule has 0 aliphatic carbocycles. The van der Waals surface area contributed by atoms with Crippen LogP contribution in [0.1, 0.15) is 29.3 Å². The molecule has 7 heteroatoms. The number of ether oxygens (including phenoxy) is 1. The normalized spacial score (nSPS) is 10.3. The molecule has 0 atom stereocenters. The molecule has 0 radical (unpaired) electrons. The van der Waals surface area contributed by atoms with E-state index in [0.29, 0.717) is 33.4 Å². The Morgan fingerprint density at radius 1 is 1.21 bits per heavy atom. The monoisotopic (exact) mass is 366 g/mol. The number of rotatable bonds is 6. The molecule has 2 rings (SSSR count). The van der Waals surface area contributed by atoms with Gasteiger partial charge in [-0.25, -0.2) is 9.78 Å². The van der Waals surface area contributed by atoms with E-state index in [1.165, 1.54) is 6.20 Å². The summed E-state index contributed by atoms with van der Waals surface area (Å²) in [7, 11) is 0. The van der Waals surface area contributed by atoms with Gasteiger partial charge in [-0.1, -0.05) is 29.3 Å². The van der Waals surface area contributed by atoms with E-state index in [4.69, 9.17) is 27.9 Å². The molecule has 0 spiro atoms. The second kappa shape index (κ2) is 8.66. The maximum Gasteiger partial charge on any atom is 0.338 e. The SMILES string of the molecule is CCOC(=O)c1cccc(Cl)c1CCC(=O)Nc1ccc(Cl)cn1. The number of aromatic nitrogens is 1. The topological polar surface area (TPSA) is 68.3 Å². The van der Waals surface area contributed by atoms with Crippen molar-refractivity contribution in [3.63, 3.8) is 0 Å². The van der Waals surface area contributed by atoms with Gasteiger partial charge in [0, 0.05) is 17.6 Å². The summed E-state index contributed by atoms with van der Waals surface area (Å²) >= 11 is 11.9. The highest BCUT2D eigenvalue weighted by atomic mass is 35.5. The molecular weight excluding hydrogens is 351 g/mol. The van der Waals surface area contributed by atoms with Gasteiger partial charge in [0.25, 0.3) is 0 Å². The highest BCUT2D eigenvalue weighted by molar-refractivity contribution is 6.32. The Balaban J connectivity index is 2.04. The Morgan fingerprint density at radius 2 is 2.00 bits per heavy atom. The molecule has 1 amide bonds. The third-order valence-electron chi connectivity index (χ3n) is 3.21. The molecule has 1 N–H and O–H groups in total. The number of nitrogens with zero attached hydrogens (tertiary/aromatic N) is 1. The number of nitrogens with one attached hydrogen (secondary N) is 1. The lowest BCUT2D eigenvalue weighted by atomic mass is 10.0. The first-order valence-corrected chi connectivity index (χ1v) is 8.12. The molecule has 0 fully saturated rings. The number of carbonyl (C=O) groups excluding carboxylic acids is 2. The predicted molar refractivity (Wildman–Crippen MR) is 93.6 cm³/mol. The van der Waals surface area contributed by atoms with Crippen molar-refractivity contribution in [3.8, 4) is 0 Å². The van der Waals surface area contributed by atoms with Crippen molar-refractivity contribution in [1.82, 2.24) is 4.98 Å². The first kappa shape index (κ1) is 18.2. The fourth-order valence-corrected chi connectivity index (χ4v) is 2.49. The third kappa shape index (κ3) is 4.94. The molecule has 0 aliphatic rings. The van der Waals surface area contributed by atoms with Crippen LogP contribution in [0, 0.1) is 0 Å². The van der Waals surface area contributed by atoms with Gasteiger partial charge < -0.3 is 10.1 Å². The number of carbonyl (C=O) groups is 2. The minimum absolute atomic E-state index is 0.153. The molecule has 0 unspecified atom stereocenters. The lowest BCUT2D eigenvalue weighted by Gasteiger charge is -2.11. The zero-order chi connectivity index (χ0) is 17.5. The van der Waals surface area contributed by atoms with Crippen molar-refractivity contribution in [2.45, 2.75) is 19.8 Å². The standard InChI is InChI=1S/C17H16Cl2N2O3/c1-2-24-17(23)13-4-3-5-14(19)12(13)7-9-16(22)21-15-8-6-11(18)10-20-15/h3-6,8,10H,2,7,9H2,1H3,(H,20,21,22). The Bertz CT molecular complexity index is 733. The molecule has 0 bridgehead atoms. The Morgan fingerprint density at radius 3 is 2.67 bits per heavy atom. The first-order chi connectivity index (χ1) is 11.5. The van der Waals surface area contributed by atoms with E-state index in [2.05, 4.69) is 10.3 Å². The second-order valence-electron chi connectivity index (χ2n) is 4.90. The van der Waals surface area contributed by atoms with E-state index < -0.39 is 5.97 Å². The van der Waals surface area contributed by atoms with Crippen LogP contribution < -0.4 is 5.32 Å². The molecule has 1 heterocycles. The average molecular weight is 367 g/mol. The minimum Gasteiger partial charge on any atom is -0.462 e. The van der Waals surface area contributed by atoms with Gasteiger partial charge >= 0.3 is 5.97 Å². The van der Waals surface area contributed by atoms with Gasteiger partial charge in [0.1, 0.15) is 5.82 Å². The van der Waals surface area contributed by atoms with Gasteiger partial charge in [0.15, 0.2) is 0 Å². The summed E-state index contributed by atoms with van der Waals surface area (Å²) in [6.07, 6.45) is 1.91. The average Bonchev–Trinajstić information content (AvgIpc) is 2.56. The summed E-state index contributed by atoms with van der Waals surface area (Å²) in [5.41, 5.74) is 0.971. The summed E-state index contributed by atoms with van der Waals surface area (Å²) in [6, 6.07) is 8.24. The Kier molecular flexibility index (Phi) is 6.58. The number of hydrogen-bond acceptors (Lipinski definition) is 4. The maximum absolute atomic E-state index is 12.0. The van der Waals surface area contributed by atoms with Crippen molar-refractivity contribution in [2.75, 3.05) is 11.9 Å². The van der Waals surface area contributed by atoms with Crippen molar-refractivity contribution < 1.29 is 14.3 Å². The molecule has 0 aliphatic heterocycles. The molecule has 24 heavy (non-hydrogen) atoms. The number of hydrogen-bond donors (Lipinski definition) is 1. The lowest BCUT2D eigenvalue weighted by molar-refractivity contribution is -0.116. The van der Waals surface area contributed by atoms with Crippen molar-refractivity contribution in [2.24, 2.45) is 0 Å². The zero-order valence-electron chi connectivity index (χ0n) is 13.0. The molecule has 2 aromatic rings.